The molecule has 0 fully saturated rings. The normalized spacial score (nSPS) is 11.3. The molecule has 29 heavy (non-hydrogen) atoms. The lowest BCUT2D eigenvalue weighted by Crippen LogP contribution is -2.20. The van der Waals surface area contributed by atoms with Crippen LogP contribution in [0.4, 0.5) is 5.69 Å². The molecule has 0 radical (unpaired) electrons. The van der Waals surface area contributed by atoms with Crippen LogP contribution in [0.25, 0.3) is 27.3 Å². The summed E-state index contributed by atoms with van der Waals surface area (Å²) >= 11 is 4.78. The first-order chi connectivity index (χ1) is 14.0. The highest BCUT2D eigenvalue weighted by molar-refractivity contribution is 9.10. The molecule has 0 saturated carbocycles. The van der Waals surface area contributed by atoms with Crippen LogP contribution >= 0.6 is 27.3 Å². The van der Waals surface area contributed by atoms with E-state index in [0.29, 0.717) is 26.2 Å². The van der Waals surface area contributed by atoms with Gasteiger partial charge in [0, 0.05) is 10.5 Å². The van der Waals surface area contributed by atoms with Gasteiger partial charge in [-0.25, -0.2) is 14.6 Å². The number of halogens is 1. The molecule has 8 nitrogen and oxygen atoms in total. The molecule has 0 saturated heterocycles. The number of carbonyl (C=O) groups excluding carboxylic acids is 2. The fourth-order valence-corrected chi connectivity index (χ4v) is 3.94. The lowest BCUT2D eigenvalue weighted by Gasteiger charge is -2.07. The summed E-state index contributed by atoms with van der Waals surface area (Å²) in [5, 5.41) is 3.30. The van der Waals surface area contributed by atoms with Crippen molar-refractivity contribution in [3.8, 4) is 0 Å². The molecule has 0 aliphatic carbocycles. The number of fused-ring (bicyclic) bond motifs is 2. The van der Waals surface area contributed by atoms with E-state index < -0.39 is 18.5 Å². The quantitative estimate of drug-likeness (QED) is 0.303. The predicted molar refractivity (Wildman–Crippen MR) is 115 cm³/mol. The molecule has 3 N–H and O–H groups in total. The Labute approximate surface area is 175 Å². The zero-order valence-corrected chi connectivity index (χ0v) is 17.1. The number of carbonyl (C=O) groups is 2. The SMILES string of the molecule is O=C(COC(=O)C=Cc1nc2ccccc2s1)Nc1cc2[nH]c(=O)[nH]c2cc1Br. The Morgan fingerprint density at radius 1 is 1.21 bits per heavy atom. The highest BCUT2D eigenvalue weighted by atomic mass is 79.9. The first kappa shape index (κ1) is 19.1. The Morgan fingerprint density at radius 3 is 2.76 bits per heavy atom. The van der Waals surface area contributed by atoms with Crippen molar-refractivity contribution in [2.75, 3.05) is 11.9 Å². The molecule has 2 heterocycles. The topological polar surface area (TPSA) is 117 Å². The molecule has 4 aromatic rings. The van der Waals surface area contributed by atoms with Gasteiger partial charge in [-0.2, -0.15) is 0 Å². The summed E-state index contributed by atoms with van der Waals surface area (Å²) in [5.74, 6) is -1.16. The number of amides is 1. The van der Waals surface area contributed by atoms with E-state index in [9.17, 15) is 14.4 Å². The third kappa shape index (κ3) is 4.44. The van der Waals surface area contributed by atoms with Gasteiger partial charge in [0.05, 0.1) is 26.9 Å². The van der Waals surface area contributed by atoms with Gasteiger partial charge >= 0.3 is 11.7 Å². The van der Waals surface area contributed by atoms with E-state index in [1.54, 1.807) is 18.2 Å². The maximum atomic E-state index is 12.1. The van der Waals surface area contributed by atoms with Gasteiger partial charge in [-0.05, 0) is 46.3 Å². The number of imidazole rings is 1. The van der Waals surface area contributed by atoms with Gasteiger partial charge in [0.15, 0.2) is 6.61 Å². The summed E-state index contributed by atoms with van der Waals surface area (Å²) in [4.78, 5) is 44.9. The molecule has 10 heteroatoms. The predicted octanol–water partition coefficient (Wildman–Crippen LogP) is 3.42. The summed E-state index contributed by atoms with van der Waals surface area (Å²) in [7, 11) is 0. The van der Waals surface area contributed by atoms with Crippen LogP contribution in [0.5, 0.6) is 0 Å². The van der Waals surface area contributed by atoms with Crippen LogP contribution in [0, 0.1) is 0 Å². The highest BCUT2D eigenvalue weighted by Gasteiger charge is 2.11. The number of aromatic nitrogens is 3. The molecular weight excluding hydrogens is 460 g/mol. The van der Waals surface area contributed by atoms with Crippen molar-refractivity contribution < 1.29 is 14.3 Å². The zero-order valence-electron chi connectivity index (χ0n) is 14.7. The van der Waals surface area contributed by atoms with Crippen LogP contribution < -0.4 is 11.0 Å². The minimum absolute atomic E-state index is 0.343. The van der Waals surface area contributed by atoms with Gasteiger partial charge < -0.3 is 20.0 Å². The molecule has 0 aliphatic heterocycles. The minimum atomic E-state index is -0.649. The van der Waals surface area contributed by atoms with Gasteiger partial charge in [0.25, 0.3) is 5.91 Å². The number of benzene rings is 2. The Balaban J connectivity index is 1.34. The Kier molecular flexibility index (Phi) is 5.28. The van der Waals surface area contributed by atoms with Crippen LogP contribution in [0.1, 0.15) is 5.01 Å². The molecule has 2 aromatic heterocycles. The largest absolute Gasteiger partial charge is 0.452 e. The lowest BCUT2D eigenvalue weighted by atomic mass is 10.2. The van der Waals surface area contributed by atoms with E-state index in [2.05, 4.69) is 36.2 Å². The number of anilines is 1. The van der Waals surface area contributed by atoms with Crippen molar-refractivity contribution in [1.29, 1.82) is 0 Å². The van der Waals surface area contributed by atoms with Gasteiger partial charge in [0.2, 0.25) is 0 Å². The summed E-state index contributed by atoms with van der Waals surface area (Å²) < 4.78 is 6.56. The van der Waals surface area contributed by atoms with Crippen molar-refractivity contribution in [2.24, 2.45) is 0 Å². The van der Waals surface area contributed by atoms with Gasteiger partial charge in [0.1, 0.15) is 5.01 Å². The second-order valence-corrected chi connectivity index (χ2v) is 7.88. The molecule has 2 aromatic carbocycles. The number of ether oxygens (including phenoxy) is 1. The van der Waals surface area contributed by atoms with Gasteiger partial charge in [-0.15, -0.1) is 11.3 Å². The monoisotopic (exact) mass is 472 g/mol. The Hall–Kier alpha value is -3.24. The third-order valence-electron chi connectivity index (χ3n) is 3.90. The number of thiazole rings is 1. The molecule has 0 atom stereocenters. The number of H-pyrrole nitrogens is 2. The van der Waals surface area contributed by atoms with E-state index in [1.807, 2.05) is 24.3 Å². The Morgan fingerprint density at radius 2 is 1.97 bits per heavy atom. The smallest absolute Gasteiger partial charge is 0.331 e. The number of para-hydroxylation sites is 1. The number of rotatable bonds is 5. The number of nitrogens with one attached hydrogen (secondary N) is 3. The molecule has 146 valence electrons. The first-order valence-corrected chi connectivity index (χ1v) is 10.0. The van der Waals surface area contributed by atoms with Crippen molar-refractivity contribution in [2.45, 2.75) is 0 Å². The van der Waals surface area contributed by atoms with Gasteiger partial charge in [-0.3, -0.25) is 4.79 Å². The first-order valence-electron chi connectivity index (χ1n) is 8.40. The van der Waals surface area contributed by atoms with Crippen LogP contribution in [-0.2, 0) is 14.3 Å². The summed E-state index contributed by atoms with van der Waals surface area (Å²) in [6.45, 7) is -0.447. The number of nitrogens with zero attached hydrogens (tertiary/aromatic N) is 1. The molecule has 0 spiro atoms. The Bertz CT molecular complexity index is 1290. The lowest BCUT2D eigenvalue weighted by molar-refractivity contribution is -0.142. The van der Waals surface area contributed by atoms with Gasteiger partial charge in [-0.1, -0.05) is 12.1 Å². The minimum Gasteiger partial charge on any atom is -0.452 e. The van der Waals surface area contributed by atoms with Crippen LogP contribution in [-0.4, -0.2) is 33.4 Å². The summed E-state index contributed by atoms with van der Waals surface area (Å²) in [6, 6.07) is 10.9. The molecule has 0 aliphatic rings. The van der Waals surface area contributed by atoms with Crippen LogP contribution in [0.2, 0.25) is 0 Å². The van der Waals surface area contributed by atoms with E-state index in [1.165, 1.54) is 17.4 Å². The average Bonchev–Trinajstić information content (AvgIpc) is 3.26. The number of esters is 1. The fourth-order valence-electron chi connectivity index (χ4n) is 2.62. The van der Waals surface area contributed by atoms with E-state index in [4.69, 9.17) is 4.74 Å². The van der Waals surface area contributed by atoms with Crippen LogP contribution in [0.3, 0.4) is 0 Å². The number of hydrogen-bond acceptors (Lipinski definition) is 6. The molecular formula is C19H13BrN4O4S. The fraction of sp³-hybridized carbons (Fsp3) is 0.0526. The zero-order chi connectivity index (χ0) is 20.4. The standard InChI is InChI=1S/C19H13BrN4O4S/c20-10-7-13-14(24-19(27)23-13)8-12(10)21-16(25)9-28-18(26)6-5-17-22-11-3-1-2-4-15(11)29-17/h1-8H,9H2,(H,21,25)(H2,23,24,27). The second kappa shape index (κ2) is 8.02. The van der Waals surface area contributed by atoms with Crippen molar-refractivity contribution in [3.63, 3.8) is 0 Å². The number of aromatic amines is 2. The molecule has 1 amide bonds. The second-order valence-electron chi connectivity index (χ2n) is 5.97. The van der Waals surface area contributed by atoms with Crippen molar-refractivity contribution in [3.05, 3.63) is 62.4 Å². The maximum absolute atomic E-state index is 12.1. The van der Waals surface area contributed by atoms with Crippen molar-refractivity contribution in [1.82, 2.24) is 15.0 Å². The van der Waals surface area contributed by atoms with Crippen molar-refractivity contribution >= 4 is 72.2 Å². The highest BCUT2D eigenvalue weighted by Crippen LogP contribution is 2.26. The van der Waals surface area contributed by atoms with E-state index in [0.717, 1.165) is 10.2 Å². The van der Waals surface area contributed by atoms with Crippen LogP contribution in [0.15, 0.2) is 51.7 Å². The third-order valence-corrected chi connectivity index (χ3v) is 5.55. The maximum Gasteiger partial charge on any atom is 0.331 e. The average molecular weight is 473 g/mol. The van der Waals surface area contributed by atoms with E-state index in [-0.39, 0.29) is 5.69 Å². The number of hydrogen-bond donors (Lipinski definition) is 3. The van der Waals surface area contributed by atoms with E-state index >= 15 is 0 Å². The molecule has 0 unspecified atom stereocenters. The molecule has 4 rings (SSSR count). The molecule has 0 bridgehead atoms. The summed E-state index contributed by atoms with van der Waals surface area (Å²) in [5.41, 5.74) is 2.11. The summed E-state index contributed by atoms with van der Waals surface area (Å²) in [6.07, 6.45) is 2.79.